The minimum Gasteiger partial charge on any atom is -0.478 e. The molecule has 3 aromatic rings. The van der Waals surface area contributed by atoms with Gasteiger partial charge in [-0.25, -0.2) is 22.4 Å². The Morgan fingerprint density at radius 2 is 1.57 bits per heavy atom. The maximum atomic E-state index is 14.7. The second-order valence-electron chi connectivity index (χ2n) is 6.31. The van der Waals surface area contributed by atoms with Crippen molar-refractivity contribution in [3.05, 3.63) is 88.5 Å². The minimum atomic E-state index is -1.30. The van der Waals surface area contributed by atoms with Gasteiger partial charge in [0.1, 0.15) is 23.3 Å². The van der Waals surface area contributed by atoms with Crippen molar-refractivity contribution in [2.75, 3.05) is 0 Å². The highest BCUT2D eigenvalue weighted by Gasteiger charge is 2.25. The number of aliphatic imine (C=N–C) groups is 1. The highest BCUT2D eigenvalue weighted by atomic mass is 19.1. The molecule has 3 nitrogen and oxygen atoms in total. The minimum absolute atomic E-state index is 0.0262. The summed E-state index contributed by atoms with van der Waals surface area (Å²) in [5.41, 5.74) is 0.813. The third kappa shape index (κ3) is 3.05. The quantitative estimate of drug-likeness (QED) is 0.623. The maximum Gasteiger partial charge on any atom is 0.336 e. The number of carbonyl (C=O) groups is 1. The lowest BCUT2D eigenvalue weighted by Crippen LogP contribution is -2.07. The van der Waals surface area contributed by atoms with Crippen molar-refractivity contribution in [2.24, 2.45) is 4.99 Å². The van der Waals surface area contributed by atoms with Crippen LogP contribution in [0.2, 0.25) is 0 Å². The second kappa shape index (κ2) is 6.60. The summed E-state index contributed by atoms with van der Waals surface area (Å²) in [7, 11) is 0. The summed E-state index contributed by atoms with van der Waals surface area (Å²) < 4.78 is 55.3. The van der Waals surface area contributed by atoms with Gasteiger partial charge in [-0.1, -0.05) is 6.07 Å². The van der Waals surface area contributed by atoms with Crippen LogP contribution in [-0.2, 0) is 6.42 Å². The molecular weight excluding hydrogens is 374 g/mol. The first-order valence-electron chi connectivity index (χ1n) is 8.22. The molecule has 0 radical (unpaired) electrons. The molecule has 3 aromatic carbocycles. The number of carboxylic acids is 1. The monoisotopic (exact) mass is 385 g/mol. The Labute approximate surface area is 156 Å². The number of halogens is 4. The zero-order valence-corrected chi connectivity index (χ0v) is 14.1. The van der Waals surface area contributed by atoms with Gasteiger partial charge in [-0.3, -0.25) is 4.99 Å². The molecule has 1 aliphatic rings. The standard InChI is InChI=1S/C21H11F4NO2/c22-11-2-4-13(18(25)7-11)10-1-3-14(17(24)5-10)20-9-15-16(21(27)28)6-12(23)8-19(15)26-20/h1-8H,9H2,(H,27,28). The van der Waals surface area contributed by atoms with Gasteiger partial charge in [0.25, 0.3) is 0 Å². The Bertz CT molecular complexity index is 1170. The first-order chi connectivity index (χ1) is 13.3. The number of benzene rings is 3. The average molecular weight is 385 g/mol. The van der Waals surface area contributed by atoms with Crippen LogP contribution in [0.25, 0.3) is 11.1 Å². The van der Waals surface area contributed by atoms with Crippen LogP contribution in [0.4, 0.5) is 23.2 Å². The molecule has 0 bridgehead atoms. The molecule has 0 aromatic heterocycles. The van der Waals surface area contributed by atoms with Crippen LogP contribution in [0.1, 0.15) is 21.5 Å². The van der Waals surface area contributed by atoms with Crippen LogP contribution in [0, 0.1) is 23.3 Å². The smallest absolute Gasteiger partial charge is 0.336 e. The highest BCUT2D eigenvalue weighted by molar-refractivity contribution is 6.09. The average Bonchev–Trinajstić information content (AvgIpc) is 3.04. The van der Waals surface area contributed by atoms with Crippen LogP contribution < -0.4 is 0 Å². The maximum absolute atomic E-state index is 14.7. The van der Waals surface area contributed by atoms with E-state index in [1.165, 1.54) is 18.2 Å². The number of aromatic carboxylic acids is 1. The van der Waals surface area contributed by atoms with E-state index in [2.05, 4.69) is 4.99 Å². The molecule has 4 rings (SSSR count). The summed E-state index contributed by atoms with van der Waals surface area (Å²) in [5.74, 6) is -4.30. The van der Waals surface area contributed by atoms with Gasteiger partial charge in [0.2, 0.25) is 0 Å². The molecule has 1 aliphatic heterocycles. The fourth-order valence-electron chi connectivity index (χ4n) is 3.25. The summed E-state index contributed by atoms with van der Waals surface area (Å²) in [5, 5.41) is 9.24. The molecule has 0 aliphatic carbocycles. The molecule has 0 fully saturated rings. The Balaban J connectivity index is 1.72. The molecule has 0 saturated heterocycles. The number of nitrogens with zero attached hydrogens (tertiary/aromatic N) is 1. The molecule has 0 saturated carbocycles. The van der Waals surface area contributed by atoms with Gasteiger partial charge in [-0.05, 0) is 47.5 Å². The number of carboxylic acid groups (broad SMARTS) is 1. The zero-order valence-electron chi connectivity index (χ0n) is 14.1. The number of hydrogen-bond acceptors (Lipinski definition) is 2. The fourth-order valence-corrected chi connectivity index (χ4v) is 3.25. The third-order valence-corrected chi connectivity index (χ3v) is 4.54. The summed E-state index contributed by atoms with van der Waals surface area (Å²) in [6.07, 6.45) is 0.0262. The van der Waals surface area contributed by atoms with Crippen molar-refractivity contribution >= 4 is 17.4 Å². The van der Waals surface area contributed by atoms with Crippen LogP contribution in [0.15, 0.2) is 53.5 Å². The van der Waals surface area contributed by atoms with Crippen molar-refractivity contribution in [2.45, 2.75) is 6.42 Å². The zero-order chi connectivity index (χ0) is 20.0. The van der Waals surface area contributed by atoms with Crippen LogP contribution in [0.3, 0.4) is 0 Å². The van der Waals surface area contributed by atoms with Gasteiger partial charge in [-0.2, -0.15) is 0 Å². The van der Waals surface area contributed by atoms with Gasteiger partial charge >= 0.3 is 5.97 Å². The van der Waals surface area contributed by atoms with Crippen LogP contribution >= 0.6 is 0 Å². The van der Waals surface area contributed by atoms with Crippen molar-refractivity contribution in [1.29, 1.82) is 0 Å². The number of fused-ring (bicyclic) bond motifs is 1. The molecule has 140 valence electrons. The van der Waals surface area contributed by atoms with E-state index in [4.69, 9.17) is 0 Å². The molecule has 0 atom stereocenters. The van der Waals surface area contributed by atoms with E-state index in [0.717, 1.165) is 24.3 Å². The Hall–Kier alpha value is -3.48. The predicted molar refractivity (Wildman–Crippen MR) is 95.0 cm³/mol. The SMILES string of the molecule is O=C(O)c1cc(F)cc2c1CC(c1ccc(-c3ccc(F)cc3F)cc1F)=N2. The Morgan fingerprint density at radius 3 is 2.25 bits per heavy atom. The van der Waals surface area contributed by atoms with Gasteiger partial charge < -0.3 is 5.11 Å². The van der Waals surface area contributed by atoms with Crippen molar-refractivity contribution in [1.82, 2.24) is 0 Å². The lowest BCUT2D eigenvalue weighted by atomic mass is 9.97. The van der Waals surface area contributed by atoms with E-state index < -0.39 is 29.2 Å². The molecule has 1 N–H and O–H groups in total. The summed E-state index contributed by atoms with van der Waals surface area (Å²) >= 11 is 0. The molecular formula is C21H11F4NO2. The molecule has 0 unspecified atom stereocenters. The van der Waals surface area contributed by atoms with Crippen LogP contribution in [0.5, 0.6) is 0 Å². The number of hydrogen-bond donors (Lipinski definition) is 1. The van der Waals surface area contributed by atoms with Gasteiger partial charge in [0, 0.05) is 23.6 Å². The molecule has 28 heavy (non-hydrogen) atoms. The van der Waals surface area contributed by atoms with Gasteiger partial charge in [0.05, 0.1) is 17.0 Å². The first kappa shape index (κ1) is 17.9. The third-order valence-electron chi connectivity index (χ3n) is 4.54. The predicted octanol–water partition coefficient (Wildman–Crippen LogP) is 5.29. The highest BCUT2D eigenvalue weighted by Crippen LogP contribution is 2.34. The first-order valence-corrected chi connectivity index (χ1v) is 8.22. The van der Waals surface area contributed by atoms with E-state index in [-0.39, 0.29) is 40.1 Å². The lowest BCUT2D eigenvalue weighted by molar-refractivity contribution is 0.0695. The van der Waals surface area contributed by atoms with Crippen molar-refractivity contribution in [3.63, 3.8) is 0 Å². The second-order valence-corrected chi connectivity index (χ2v) is 6.31. The Kier molecular flexibility index (Phi) is 4.22. The van der Waals surface area contributed by atoms with Gasteiger partial charge in [-0.15, -0.1) is 0 Å². The molecule has 0 amide bonds. The normalized spacial score (nSPS) is 12.6. The molecule has 0 spiro atoms. The molecule has 1 heterocycles. The number of rotatable bonds is 3. The summed E-state index contributed by atoms with van der Waals surface area (Å²) in [4.78, 5) is 15.5. The van der Waals surface area contributed by atoms with E-state index >= 15 is 0 Å². The molecule has 7 heteroatoms. The van der Waals surface area contributed by atoms with E-state index in [1.807, 2.05) is 0 Å². The fraction of sp³-hybridized carbons (Fsp3) is 0.0476. The lowest BCUT2D eigenvalue weighted by Gasteiger charge is -2.08. The van der Waals surface area contributed by atoms with E-state index in [1.54, 1.807) is 0 Å². The summed E-state index contributed by atoms with van der Waals surface area (Å²) in [6.45, 7) is 0. The summed E-state index contributed by atoms with van der Waals surface area (Å²) in [6, 6.07) is 8.92. The van der Waals surface area contributed by atoms with Crippen molar-refractivity contribution < 1.29 is 27.5 Å². The van der Waals surface area contributed by atoms with E-state index in [0.29, 0.717) is 11.6 Å². The van der Waals surface area contributed by atoms with E-state index in [9.17, 15) is 27.5 Å². The Morgan fingerprint density at radius 1 is 0.857 bits per heavy atom. The van der Waals surface area contributed by atoms with Gasteiger partial charge in [0.15, 0.2) is 0 Å². The largest absolute Gasteiger partial charge is 0.478 e. The van der Waals surface area contributed by atoms with Crippen molar-refractivity contribution in [3.8, 4) is 11.1 Å². The van der Waals surface area contributed by atoms with Crippen LogP contribution in [-0.4, -0.2) is 16.8 Å². The topological polar surface area (TPSA) is 49.7 Å².